The molecule has 1 aliphatic heterocycles. The van der Waals surface area contributed by atoms with Crippen molar-refractivity contribution in [3.8, 4) is 24.0 Å². The SMILES string of the molecule is CCCCN(CCCC)c1ccc(/C=C/C=C/c2ccc(CC3=CC4(C)OC(=C(C#N)C#N)C(C#N)=C34)s2)c(OC)c1. The molecule has 0 radical (unpaired) electrons. The lowest BCUT2D eigenvalue weighted by Gasteiger charge is -2.34. The summed E-state index contributed by atoms with van der Waals surface area (Å²) >= 11 is 1.69. The summed E-state index contributed by atoms with van der Waals surface area (Å²) in [5.74, 6) is 0.954. The molecule has 1 aromatic heterocycles. The molecule has 0 amide bonds. The maximum absolute atomic E-state index is 9.75. The number of hydrogen-bond acceptors (Lipinski definition) is 7. The molecule has 4 rings (SSSR count). The van der Waals surface area contributed by atoms with Crippen LogP contribution in [0.4, 0.5) is 5.69 Å². The Morgan fingerprint density at radius 3 is 2.38 bits per heavy atom. The zero-order chi connectivity index (χ0) is 30.1. The van der Waals surface area contributed by atoms with Crippen LogP contribution in [0.5, 0.6) is 5.75 Å². The van der Waals surface area contributed by atoms with Gasteiger partial charge in [0.2, 0.25) is 0 Å². The average molecular weight is 577 g/mol. The van der Waals surface area contributed by atoms with E-state index >= 15 is 0 Å². The minimum atomic E-state index is -0.762. The highest BCUT2D eigenvalue weighted by molar-refractivity contribution is 7.12. The Hall–Kier alpha value is -4.51. The van der Waals surface area contributed by atoms with Crippen LogP contribution in [-0.2, 0) is 11.2 Å². The number of nitriles is 3. The van der Waals surface area contributed by atoms with Crippen molar-refractivity contribution >= 4 is 29.2 Å². The highest BCUT2D eigenvalue weighted by Crippen LogP contribution is 2.52. The summed E-state index contributed by atoms with van der Waals surface area (Å²) in [4.78, 5) is 4.74. The Balaban J connectivity index is 1.43. The van der Waals surface area contributed by atoms with Gasteiger partial charge in [-0.05, 0) is 61.8 Å². The molecule has 214 valence electrons. The van der Waals surface area contributed by atoms with Gasteiger partial charge in [-0.1, -0.05) is 44.9 Å². The van der Waals surface area contributed by atoms with Gasteiger partial charge in [0.1, 0.15) is 29.5 Å². The third kappa shape index (κ3) is 6.52. The molecule has 1 atom stereocenters. The zero-order valence-electron chi connectivity index (χ0n) is 24.7. The number of allylic oxidation sites excluding steroid dienone is 4. The Labute approximate surface area is 253 Å². The van der Waals surface area contributed by atoms with Gasteiger partial charge in [0.05, 0.1) is 7.11 Å². The second-order valence-electron chi connectivity index (χ2n) is 10.5. The summed E-state index contributed by atoms with van der Waals surface area (Å²) in [7, 11) is 1.72. The van der Waals surface area contributed by atoms with Crippen LogP contribution in [0.15, 0.2) is 76.6 Å². The molecule has 2 heterocycles. The number of nitrogens with zero attached hydrogens (tertiary/aromatic N) is 4. The standard InChI is InChI=1S/C35H36N4O2S/c1-5-7-17-39(18-8-6-2)28-14-13-25(32(20-28)40-4)11-9-10-12-29-15-16-30(42-29)19-26-21-35(3)33(26)31(24-38)34(41-35)27(22-36)23-37/h9-16,20-21H,5-8,17-19H2,1-4H3/b11-9+,12-10+. The molecular weight excluding hydrogens is 540 g/mol. The quantitative estimate of drug-likeness (QED) is 0.176. The van der Waals surface area contributed by atoms with Gasteiger partial charge in [-0.25, -0.2) is 0 Å². The molecule has 0 saturated carbocycles. The van der Waals surface area contributed by atoms with E-state index in [2.05, 4.69) is 67.3 Å². The van der Waals surface area contributed by atoms with Crippen LogP contribution in [0.1, 0.15) is 61.8 Å². The first kappa shape index (κ1) is 30.4. The second-order valence-corrected chi connectivity index (χ2v) is 11.7. The van der Waals surface area contributed by atoms with E-state index in [1.54, 1.807) is 18.4 Å². The van der Waals surface area contributed by atoms with Gasteiger partial charge in [0.25, 0.3) is 0 Å². The summed E-state index contributed by atoms with van der Waals surface area (Å²) in [5.41, 5.74) is 3.36. The van der Waals surface area contributed by atoms with Crippen LogP contribution in [0.2, 0.25) is 0 Å². The van der Waals surface area contributed by atoms with Crippen molar-refractivity contribution in [2.24, 2.45) is 0 Å². The molecule has 7 heteroatoms. The van der Waals surface area contributed by atoms with Crippen molar-refractivity contribution in [2.75, 3.05) is 25.1 Å². The maximum Gasteiger partial charge on any atom is 0.172 e. The monoisotopic (exact) mass is 576 g/mol. The van der Waals surface area contributed by atoms with E-state index in [1.165, 1.54) is 31.4 Å². The largest absolute Gasteiger partial charge is 0.496 e. The van der Waals surface area contributed by atoms with Crippen molar-refractivity contribution in [3.63, 3.8) is 0 Å². The Bertz CT molecular complexity index is 1580. The fourth-order valence-electron chi connectivity index (χ4n) is 5.31. The first-order chi connectivity index (χ1) is 20.4. The number of thiophene rings is 1. The van der Waals surface area contributed by atoms with Crippen molar-refractivity contribution in [3.05, 3.63) is 91.9 Å². The molecule has 1 aromatic carbocycles. The second kappa shape index (κ2) is 13.9. The van der Waals surface area contributed by atoms with E-state index < -0.39 is 5.60 Å². The summed E-state index contributed by atoms with van der Waals surface area (Å²) in [5, 5.41) is 28.3. The lowest BCUT2D eigenvalue weighted by atomic mass is 9.75. The molecule has 6 nitrogen and oxygen atoms in total. The molecule has 1 aliphatic carbocycles. The summed E-state index contributed by atoms with van der Waals surface area (Å²) in [6, 6.07) is 16.4. The van der Waals surface area contributed by atoms with Crippen LogP contribution in [-0.4, -0.2) is 25.8 Å². The predicted molar refractivity (Wildman–Crippen MR) is 170 cm³/mol. The van der Waals surface area contributed by atoms with Gasteiger partial charge in [-0.2, -0.15) is 15.8 Å². The summed E-state index contributed by atoms with van der Waals surface area (Å²) in [6.45, 7) is 8.43. The highest BCUT2D eigenvalue weighted by Gasteiger charge is 2.49. The van der Waals surface area contributed by atoms with E-state index in [0.717, 1.165) is 45.3 Å². The minimum absolute atomic E-state index is 0.0874. The molecule has 1 unspecified atom stereocenters. The molecule has 42 heavy (non-hydrogen) atoms. The van der Waals surface area contributed by atoms with Gasteiger partial charge in [0.15, 0.2) is 16.9 Å². The Morgan fingerprint density at radius 1 is 1.02 bits per heavy atom. The molecule has 2 aromatic rings. The van der Waals surface area contributed by atoms with E-state index in [4.69, 9.17) is 9.47 Å². The van der Waals surface area contributed by atoms with Crippen molar-refractivity contribution < 1.29 is 9.47 Å². The molecule has 2 aliphatic rings. The average Bonchev–Trinajstić information content (AvgIpc) is 3.53. The molecule has 0 spiro atoms. The van der Waals surface area contributed by atoms with E-state index in [0.29, 0.717) is 6.42 Å². The van der Waals surface area contributed by atoms with Gasteiger partial charge >= 0.3 is 0 Å². The molecule has 0 fully saturated rings. The molecule has 0 saturated heterocycles. The topological polar surface area (TPSA) is 93.1 Å². The summed E-state index contributed by atoms with van der Waals surface area (Å²) in [6.07, 6.45) is 15.5. The fourth-order valence-corrected chi connectivity index (χ4v) is 6.26. The van der Waals surface area contributed by atoms with E-state index in [9.17, 15) is 15.8 Å². The van der Waals surface area contributed by atoms with Crippen LogP contribution < -0.4 is 9.64 Å². The lowest BCUT2D eigenvalue weighted by Crippen LogP contribution is -2.34. The highest BCUT2D eigenvalue weighted by atomic mass is 32.1. The molecular formula is C35H36N4O2S. The van der Waals surface area contributed by atoms with Gasteiger partial charge in [-0.3, -0.25) is 0 Å². The number of methoxy groups -OCH3 is 1. The van der Waals surface area contributed by atoms with Gasteiger partial charge < -0.3 is 14.4 Å². The Morgan fingerprint density at radius 2 is 1.74 bits per heavy atom. The number of anilines is 1. The van der Waals surface area contributed by atoms with Crippen LogP contribution >= 0.6 is 11.3 Å². The molecule has 0 bridgehead atoms. The first-order valence-corrected chi connectivity index (χ1v) is 15.2. The third-order valence-corrected chi connectivity index (χ3v) is 8.51. The smallest absolute Gasteiger partial charge is 0.172 e. The van der Waals surface area contributed by atoms with Gasteiger partial charge in [0, 0.05) is 52.2 Å². The number of benzene rings is 1. The first-order valence-electron chi connectivity index (χ1n) is 14.4. The summed E-state index contributed by atoms with van der Waals surface area (Å²) < 4.78 is 11.6. The maximum atomic E-state index is 9.75. The number of fused-ring (bicyclic) bond motifs is 1. The van der Waals surface area contributed by atoms with Crippen molar-refractivity contribution in [1.29, 1.82) is 15.8 Å². The number of rotatable bonds is 13. The third-order valence-electron chi connectivity index (χ3n) is 7.46. The van der Waals surface area contributed by atoms with Crippen LogP contribution in [0.3, 0.4) is 0 Å². The molecule has 0 N–H and O–H groups in total. The van der Waals surface area contributed by atoms with Crippen LogP contribution in [0.25, 0.3) is 12.2 Å². The Kier molecular flexibility index (Phi) is 10.1. The van der Waals surface area contributed by atoms with Crippen molar-refractivity contribution in [2.45, 2.75) is 58.5 Å². The zero-order valence-corrected chi connectivity index (χ0v) is 25.6. The lowest BCUT2D eigenvalue weighted by molar-refractivity contribution is 0.109. The number of unbranched alkanes of at least 4 members (excludes halogenated alkanes) is 2. The van der Waals surface area contributed by atoms with Gasteiger partial charge in [-0.15, -0.1) is 11.3 Å². The number of ether oxygens (including phenoxy) is 2. The number of hydrogen-bond donors (Lipinski definition) is 0. The van der Waals surface area contributed by atoms with E-state index in [-0.39, 0.29) is 16.9 Å². The van der Waals surface area contributed by atoms with E-state index in [1.807, 2.05) is 37.3 Å². The minimum Gasteiger partial charge on any atom is -0.496 e. The van der Waals surface area contributed by atoms with Crippen LogP contribution in [0, 0.1) is 34.0 Å². The fraction of sp³-hybridized carbons (Fsp3) is 0.343. The van der Waals surface area contributed by atoms with Crippen molar-refractivity contribution in [1.82, 2.24) is 0 Å². The predicted octanol–water partition coefficient (Wildman–Crippen LogP) is 8.28. The normalized spacial score (nSPS) is 17.3.